The van der Waals surface area contributed by atoms with Crippen LogP contribution in [-0.4, -0.2) is 11.3 Å². The van der Waals surface area contributed by atoms with Crippen molar-refractivity contribution < 1.29 is 13.4 Å². The SMILES string of the molecule is COc1ccc([S@](=O)c2coc3ccccc3c2=O)cc1. The summed E-state index contributed by atoms with van der Waals surface area (Å²) in [5.41, 5.74) is 0.212. The van der Waals surface area contributed by atoms with Crippen molar-refractivity contribution in [1.82, 2.24) is 0 Å². The number of benzene rings is 2. The van der Waals surface area contributed by atoms with Crippen LogP contribution in [-0.2, 0) is 10.8 Å². The van der Waals surface area contributed by atoms with E-state index < -0.39 is 10.8 Å². The Morgan fingerprint density at radius 2 is 1.76 bits per heavy atom. The lowest BCUT2D eigenvalue weighted by molar-refractivity contribution is 0.414. The van der Waals surface area contributed by atoms with Crippen molar-refractivity contribution in [2.45, 2.75) is 9.79 Å². The van der Waals surface area contributed by atoms with Gasteiger partial charge in [-0.25, -0.2) is 4.21 Å². The van der Waals surface area contributed by atoms with Gasteiger partial charge in [0.25, 0.3) is 0 Å². The Hall–Kier alpha value is -2.40. The summed E-state index contributed by atoms with van der Waals surface area (Å²) in [5, 5.41) is 0.428. The molecule has 5 heteroatoms. The maximum atomic E-state index is 12.5. The molecule has 0 spiro atoms. The molecular formula is C16H12O4S. The van der Waals surface area contributed by atoms with E-state index in [1.807, 2.05) is 0 Å². The van der Waals surface area contributed by atoms with Crippen LogP contribution in [0.3, 0.4) is 0 Å². The quantitative estimate of drug-likeness (QED) is 0.746. The molecule has 21 heavy (non-hydrogen) atoms. The van der Waals surface area contributed by atoms with Gasteiger partial charge in [-0.15, -0.1) is 0 Å². The first kappa shape index (κ1) is 13.6. The number of hydrogen-bond acceptors (Lipinski definition) is 4. The van der Waals surface area contributed by atoms with Crippen LogP contribution in [0.5, 0.6) is 5.75 Å². The van der Waals surface area contributed by atoms with E-state index in [1.165, 1.54) is 6.26 Å². The van der Waals surface area contributed by atoms with Gasteiger partial charge in [0.15, 0.2) is 0 Å². The van der Waals surface area contributed by atoms with Gasteiger partial charge in [-0.3, -0.25) is 4.79 Å². The molecule has 0 radical (unpaired) electrons. The minimum Gasteiger partial charge on any atom is -0.497 e. The van der Waals surface area contributed by atoms with Crippen LogP contribution in [0.1, 0.15) is 0 Å². The second-order valence-corrected chi connectivity index (χ2v) is 5.82. The van der Waals surface area contributed by atoms with Gasteiger partial charge < -0.3 is 9.15 Å². The molecule has 106 valence electrons. The molecule has 0 fully saturated rings. The molecule has 0 saturated carbocycles. The molecule has 1 atom stereocenters. The van der Waals surface area contributed by atoms with Gasteiger partial charge >= 0.3 is 0 Å². The van der Waals surface area contributed by atoms with Crippen molar-refractivity contribution in [3.05, 3.63) is 65.0 Å². The maximum absolute atomic E-state index is 12.5. The number of para-hydroxylation sites is 1. The van der Waals surface area contributed by atoms with Gasteiger partial charge in [-0.2, -0.15) is 0 Å². The Morgan fingerprint density at radius 3 is 2.48 bits per heavy atom. The van der Waals surface area contributed by atoms with E-state index in [-0.39, 0.29) is 10.3 Å². The topological polar surface area (TPSA) is 56.5 Å². The van der Waals surface area contributed by atoms with Gasteiger partial charge in [-0.1, -0.05) is 12.1 Å². The fourth-order valence-electron chi connectivity index (χ4n) is 2.01. The highest BCUT2D eigenvalue weighted by atomic mass is 32.2. The highest BCUT2D eigenvalue weighted by molar-refractivity contribution is 7.85. The molecule has 0 unspecified atom stereocenters. The maximum Gasteiger partial charge on any atom is 0.209 e. The second kappa shape index (κ2) is 5.54. The third kappa shape index (κ3) is 2.48. The molecule has 1 aromatic heterocycles. The normalized spacial score (nSPS) is 12.2. The van der Waals surface area contributed by atoms with Crippen molar-refractivity contribution in [3.63, 3.8) is 0 Å². The van der Waals surface area contributed by atoms with Crippen LogP contribution in [0.4, 0.5) is 0 Å². The van der Waals surface area contributed by atoms with E-state index in [0.29, 0.717) is 21.6 Å². The van der Waals surface area contributed by atoms with Crippen LogP contribution in [0.25, 0.3) is 11.0 Å². The number of fused-ring (bicyclic) bond motifs is 1. The zero-order valence-corrected chi connectivity index (χ0v) is 12.1. The van der Waals surface area contributed by atoms with Crippen LogP contribution >= 0.6 is 0 Å². The molecule has 0 saturated heterocycles. The summed E-state index contributed by atoms with van der Waals surface area (Å²) in [6.07, 6.45) is 1.27. The predicted molar refractivity (Wildman–Crippen MR) is 80.2 cm³/mol. The number of hydrogen-bond donors (Lipinski definition) is 0. The molecule has 0 bridgehead atoms. The van der Waals surface area contributed by atoms with Gasteiger partial charge in [0, 0.05) is 4.90 Å². The molecule has 1 heterocycles. The van der Waals surface area contributed by atoms with Crippen LogP contribution in [0.15, 0.2) is 73.8 Å². The minimum atomic E-state index is -1.59. The van der Waals surface area contributed by atoms with E-state index in [2.05, 4.69) is 0 Å². The van der Waals surface area contributed by atoms with Crippen molar-refractivity contribution >= 4 is 21.8 Å². The van der Waals surface area contributed by atoms with E-state index in [9.17, 15) is 9.00 Å². The Labute approximate surface area is 123 Å². The molecular weight excluding hydrogens is 288 g/mol. The van der Waals surface area contributed by atoms with Crippen molar-refractivity contribution in [2.24, 2.45) is 0 Å². The standard InChI is InChI=1S/C16H12O4S/c1-19-11-6-8-12(9-7-11)21(18)15-10-20-14-5-3-2-4-13(14)16(15)17/h2-10H,1H3/t21-/m0/s1. The predicted octanol–water partition coefficient (Wildman–Crippen LogP) is 2.97. The second-order valence-electron chi connectivity index (χ2n) is 4.37. The summed E-state index contributed by atoms with van der Waals surface area (Å²) in [5.74, 6) is 0.668. The Balaban J connectivity index is 2.09. The molecule has 0 aliphatic heterocycles. The minimum absolute atomic E-state index is 0.138. The van der Waals surface area contributed by atoms with Crippen molar-refractivity contribution in [2.75, 3.05) is 7.11 Å². The molecule has 3 aromatic rings. The summed E-state index contributed by atoms with van der Waals surface area (Å²) in [6.45, 7) is 0. The smallest absolute Gasteiger partial charge is 0.209 e. The highest BCUT2D eigenvalue weighted by Gasteiger charge is 2.14. The van der Waals surface area contributed by atoms with Crippen molar-refractivity contribution in [3.8, 4) is 5.75 Å². The zero-order chi connectivity index (χ0) is 14.8. The van der Waals surface area contributed by atoms with Crippen LogP contribution < -0.4 is 10.2 Å². The monoisotopic (exact) mass is 300 g/mol. The lowest BCUT2D eigenvalue weighted by atomic mass is 10.2. The molecule has 2 aromatic carbocycles. The largest absolute Gasteiger partial charge is 0.497 e. The Kier molecular flexibility index (Phi) is 3.58. The van der Waals surface area contributed by atoms with Crippen LogP contribution in [0, 0.1) is 0 Å². The summed E-state index contributed by atoms with van der Waals surface area (Å²) < 4.78 is 23.0. The number of methoxy groups -OCH3 is 1. The fourth-order valence-corrected chi connectivity index (χ4v) is 3.07. The van der Waals surface area contributed by atoms with E-state index >= 15 is 0 Å². The number of rotatable bonds is 3. The first-order valence-electron chi connectivity index (χ1n) is 6.27. The summed E-state index contributed by atoms with van der Waals surface area (Å²) in [6, 6.07) is 13.6. The Bertz CT molecular complexity index is 865. The van der Waals surface area contributed by atoms with Gasteiger partial charge in [-0.05, 0) is 36.4 Å². The summed E-state index contributed by atoms with van der Waals surface area (Å²) in [4.78, 5) is 13.1. The van der Waals surface area contributed by atoms with Gasteiger partial charge in [0.2, 0.25) is 5.43 Å². The molecule has 0 N–H and O–H groups in total. The molecule has 0 amide bonds. The number of ether oxygens (including phenoxy) is 1. The summed E-state index contributed by atoms with van der Waals surface area (Å²) >= 11 is 0. The third-order valence-corrected chi connectivity index (χ3v) is 4.50. The summed E-state index contributed by atoms with van der Waals surface area (Å²) in [7, 11) is -0.0270. The molecule has 0 aliphatic rings. The molecule has 3 rings (SSSR count). The average Bonchev–Trinajstić information content (AvgIpc) is 2.55. The van der Waals surface area contributed by atoms with E-state index in [0.717, 1.165) is 0 Å². The highest BCUT2D eigenvalue weighted by Crippen LogP contribution is 2.19. The first-order valence-corrected chi connectivity index (χ1v) is 7.42. The van der Waals surface area contributed by atoms with Gasteiger partial charge in [0.05, 0.1) is 23.3 Å². The Morgan fingerprint density at radius 1 is 1.05 bits per heavy atom. The van der Waals surface area contributed by atoms with Crippen LogP contribution in [0.2, 0.25) is 0 Å². The van der Waals surface area contributed by atoms with Crippen molar-refractivity contribution in [1.29, 1.82) is 0 Å². The molecule has 0 aliphatic carbocycles. The molecule has 4 nitrogen and oxygen atoms in total. The van der Waals surface area contributed by atoms with E-state index in [4.69, 9.17) is 9.15 Å². The lowest BCUT2D eigenvalue weighted by Crippen LogP contribution is -2.10. The van der Waals surface area contributed by atoms with Gasteiger partial charge in [0.1, 0.15) is 22.5 Å². The average molecular weight is 300 g/mol. The first-order chi connectivity index (χ1) is 10.2. The van der Waals surface area contributed by atoms with E-state index in [1.54, 1.807) is 55.6 Å². The fraction of sp³-hybridized carbons (Fsp3) is 0.0625. The lowest BCUT2D eigenvalue weighted by Gasteiger charge is -2.04. The zero-order valence-electron chi connectivity index (χ0n) is 11.2. The third-order valence-electron chi connectivity index (χ3n) is 3.12.